The maximum absolute atomic E-state index is 12.6. The predicted molar refractivity (Wildman–Crippen MR) is 81.0 cm³/mol. The minimum absolute atomic E-state index is 0.419. The molecule has 0 unspecified atom stereocenters. The van der Waals surface area contributed by atoms with Gasteiger partial charge in [-0.25, -0.2) is 8.42 Å². The lowest BCUT2D eigenvalue weighted by Gasteiger charge is -2.29. The summed E-state index contributed by atoms with van der Waals surface area (Å²) in [5.74, 6) is 0.626. The molecular weight excluding hydrogens is 272 g/mol. The molecule has 1 aliphatic heterocycles. The van der Waals surface area contributed by atoms with Crippen molar-refractivity contribution in [1.29, 1.82) is 0 Å². The molecule has 0 spiro atoms. The van der Waals surface area contributed by atoms with Crippen LogP contribution in [0.4, 0.5) is 0 Å². The Balaban J connectivity index is 2.16. The first-order valence-corrected chi connectivity index (χ1v) is 8.78. The van der Waals surface area contributed by atoms with E-state index in [0.717, 1.165) is 24.9 Å². The first kappa shape index (κ1) is 15.5. The molecule has 1 aromatic carbocycles. The molecule has 0 bridgehead atoms. The van der Waals surface area contributed by atoms with Gasteiger partial charge in [-0.15, -0.1) is 0 Å². The average molecular weight is 296 g/mol. The van der Waals surface area contributed by atoms with Crippen LogP contribution in [0.1, 0.15) is 32.3 Å². The molecule has 0 radical (unpaired) electrons. The summed E-state index contributed by atoms with van der Waals surface area (Å²) < 4.78 is 26.9. The van der Waals surface area contributed by atoms with Gasteiger partial charge in [-0.3, -0.25) is 0 Å². The highest BCUT2D eigenvalue weighted by Crippen LogP contribution is 2.23. The molecule has 0 atom stereocenters. The summed E-state index contributed by atoms with van der Waals surface area (Å²) in [4.78, 5) is 0.419. The third-order valence-electron chi connectivity index (χ3n) is 3.86. The van der Waals surface area contributed by atoms with Crippen molar-refractivity contribution in [1.82, 2.24) is 9.62 Å². The van der Waals surface area contributed by atoms with Crippen LogP contribution >= 0.6 is 0 Å². The van der Waals surface area contributed by atoms with Crippen LogP contribution in [-0.4, -0.2) is 32.4 Å². The molecule has 1 aromatic rings. The maximum atomic E-state index is 12.6. The summed E-state index contributed by atoms with van der Waals surface area (Å²) >= 11 is 0. The molecule has 2 rings (SSSR count). The number of piperidine rings is 1. The first-order chi connectivity index (χ1) is 9.54. The van der Waals surface area contributed by atoms with E-state index >= 15 is 0 Å². The fourth-order valence-electron chi connectivity index (χ4n) is 2.46. The number of benzene rings is 1. The van der Waals surface area contributed by atoms with Crippen molar-refractivity contribution in [2.45, 2.75) is 38.1 Å². The summed E-state index contributed by atoms with van der Waals surface area (Å²) in [5.41, 5.74) is 1.01. The summed E-state index contributed by atoms with van der Waals surface area (Å²) in [6.07, 6.45) is 1.91. The Hall–Kier alpha value is -0.910. The van der Waals surface area contributed by atoms with Gasteiger partial charge in [0, 0.05) is 19.6 Å². The normalized spacial score (nSPS) is 18.3. The molecule has 0 saturated carbocycles. The van der Waals surface area contributed by atoms with Gasteiger partial charge in [0.2, 0.25) is 10.0 Å². The Bertz CT molecular complexity index is 535. The summed E-state index contributed by atoms with van der Waals surface area (Å²) in [7, 11) is -3.33. The van der Waals surface area contributed by atoms with E-state index in [9.17, 15) is 8.42 Å². The van der Waals surface area contributed by atoms with Gasteiger partial charge in [0.05, 0.1) is 4.90 Å². The average Bonchev–Trinajstić information content (AvgIpc) is 2.46. The second-order valence-corrected chi connectivity index (χ2v) is 7.45. The highest BCUT2D eigenvalue weighted by Gasteiger charge is 2.27. The van der Waals surface area contributed by atoms with E-state index in [1.807, 2.05) is 19.1 Å². The van der Waals surface area contributed by atoms with E-state index in [1.54, 1.807) is 16.4 Å². The van der Waals surface area contributed by atoms with E-state index in [-0.39, 0.29) is 0 Å². The lowest BCUT2D eigenvalue weighted by molar-refractivity contribution is 0.288. The number of nitrogens with zero attached hydrogens (tertiary/aromatic N) is 1. The minimum atomic E-state index is -3.33. The first-order valence-electron chi connectivity index (χ1n) is 7.34. The molecule has 0 aromatic heterocycles. The van der Waals surface area contributed by atoms with Gasteiger partial charge >= 0.3 is 0 Å². The van der Waals surface area contributed by atoms with Crippen molar-refractivity contribution >= 4 is 10.0 Å². The Labute approximate surface area is 122 Å². The second kappa shape index (κ2) is 6.70. The van der Waals surface area contributed by atoms with Crippen LogP contribution in [-0.2, 0) is 16.6 Å². The van der Waals surface area contributed by atoms with Gasteiger partial charge < -0.3 is 5.32 Å². The molecule has 1 saturated heterocycles. The topological polar surface area (TPSA) is 49.4 Å². The van der Waals surface area contributed by atoms with Gasteiger partial charge in [0.25, 0.3) is 0 Å². The fraction of sp³-hybridized carbons (Fsp3) is 0.600. The van der Waals surface area contributed by atoms with Crippen LogP contribution in [0.25, 0.3) is 0 Å². The molecule has 1 aliphatic rings. The molecule has 5 heteroatoms. The summed E-state index contributed by atoms with van der Waals surface area (Å²) in [5, 5.41) is 3.22. The van der Waals surface area contributed by atoms with E-state index in [2.05, 4.69) is 12.2 Å². The molecule has 1 N–H and O–H groups in total. The Kier molecular flexibility index (Phi) is 5.18. The van der Waals surface area contributed by atoms with Crippen molar-refractivity contribution in [3.63, 3.8) is 0 Å². The highest BCUT2D eigenvalue weighted by atomic mass is 32.2. The van der Waals surface area contributed by atoms with Crippen molar-refractivity contribution in [3.05, 3.63) is 29.8 Å². The SMILES string of the molecule is CCNCc1cccc(S(=O)(=O)N2CCC(C)CC2)c1. The monoisotopic (exact) mass is 296 g/mol. The molecule has 1 heterocycles. The fourth-order valence-corrected chi connectivity index (χ4v) is 4.00. The molecule has 4 nitrogen and oxygen atoms in total. The number of sulfonamides is 1. The van der Waals surface area contributed by atoms with Crippen molar-refractivity contribution < 1.29 is 8.42 Å². The molecule has 112 valence electrons. The largest absolute Gasteiger partial charge is 0.313 e. The smallest absolute Gasteiger partial charge is 0.243 e. The van der Waals surface area contributed by atoms with E-state index in [1.165, 1.54) is 0 Å². The zero-order chi connectivity index (χ0) is 14.6. The molecular formula is C15H24N2O2S. The zero-order valence-corrected chi connectivity index (χ0v) is 13.1. The minimum Gasteiger partial charge on any atom is -0.313 e. The number of hydrogen-bond acceptors (Lipinski definition) is 3. The highest BCUT2D eigenvalue weighted by molar-refractivity contribution is 7.89. The molecule has 0 aliphatic carbocycles. The van der Waals surface area contributed by atoms with Crippen molar-refractivity contribution in [2.75, 3.05) is 19.6 Å². The molecule has 20 heavy (non-hydrogen) atoms. The van der Waals surface area contributed by atoms with E-state index < -0.39 is 10.0 Å². The van der Waals surface area contributed by atoms with E-state index in [4.69, 9.17) is 0 Å². The number of nitrogens with one attached hydrogen (secondary N) is 1. The van der Waals surface area contributed by atoms with Gasteiger partial charge in [0.15, 0.2) is 0 Å². The van der Waals surface area contributed by atoms with Gasteiger partial charge in [0.1, 0.15) is 0 Å². The molecule has 0 amide bonds. The van der Waals surface area contributed by atoms with E-state index in [0.29, 0.717) is 30.4 Å². The Morgan fingerprint density at radius 3 is 2.65 bits per heavy atom. The van der Waals surface area contributed by atoms with Crippen LogP contribution in [0.2, 0.25) is 0 Å². The standard InChI is InChI=1S/C15H24N2O2S/c1-3-16-12-14-5-4-6-15(11-14)20(18,19)17-9-7-13(2)8-10-17/h4-6,11,13,16H,3,7-10,12H2,1-2H3. The maximum Gasteiger partial charge on any atom is 0.243 e. The third-order valence-corrected chi connectivity index (χ3v) is 5.75. The van der Waals surface area contributed by atoms with Gasteiger partial charge in [-0.1, -0.05) is 26.0 Å². The summed E-state index contributed by atoms with van der Waals surface area (Å²) in [6.45, 7) is 7.08. The van der Waals surface area contributed by atoms with Crippen molar-refractivity contribution in [3.8, 4) is 0 Å². The van der Waals surface area contributed by atoms with Gasteiger partial charge in [-0.05, 0) is 43.0 Å². The van der Waals surface area contributed by atoms with Crippen LogP contribution < -0.4 is 5.32 Å². The Morgan fingerprint density at radius 1 is 1.30 bits per heavy atom. The van der Waals surface area contributed by atoms with Crippen LogP contribution in [0.5, 0.6) is 0 Å². The quantitative estimate of drug-likeness (QED) is 0.906. The zero-order valence-electron chi connectivity index (χ0n) is 12.3. The van der Waals surface area contributed by atoms with Crippen molar-refractivity contribution in [2.24, 2.45) is 5.92 Å². The number of rotatable bonds is 5. The molecule has 1 fully saturated rings. The summed E-state index contributed by atoms with van der Waals surface area (Å²) in [6, 6.07) is 7.27. The second-order valence-electron chi connectivity index (χ2n) is 5.51. The lowest BCUT2D eigenvalue weighted by atomic mass is 10.0. The van der Waals surface area contributed by atoms with Crippen LogP contribution in [0.3, 0.4) is 0 Å². The Morgan fingerprint density at radius 2 is 2.00 bits per heavy atom. The van der Waals surface area contributed by atoms with Crippen LogP contribution in [0, 0.1) is 5.92 Å². The van der Waals surface area contributed by atoms with Crippen LogP contribution in [0.15, 0.2) is 29.2 Å². The number of hydrogen-bond donors (Lipinski definition) is 1. The van der Waals surface area contributed by atoms with Gasteiger partial charge in [-0.2, -0.15) is 4.31 Å². The predicted octanol–water partition coefficient (Wildman–Crippen LogP) is 2.22. The lowest BCUT2D eigenvalue weighted by Crippen LogP contribution is -2.37. The third kappa shape index (κ3) is 3.59.